The summed E-state index contributed by atoms with van der Waals surface area (Å²) in [5.41, 5.74) is 3.70. The first-order valence-corrected chi connectivity index (χ1v) is 6.65. The van der Waals surface area contributed by atoms with Gasteiger partial charge in [0, 0.05) is 6.04 Å². The van der Waals surface area contributed by atoms with Gasteiger partial charge in [0.2, 0.25) is 0 Å². The summed E-state index contributed by atoms with van der Waals surface area (Å²) in [4.78, 5) is 11.6. The summed E-state index contributed by atoms with van der Waals surface area (Å²) in [5.74, 6) is 0. The second-order valence-corrected chi connectivity index (χ2v) is 5.30. The molecule has 2 atom stereocenters. The minimum absolute atomic E-state index is 0.0482. The van der Waals surface area contributed by atoms with E-state index < -0.39 is 0 Å². The van der Waals surface area contributed by atoms with Crippen molar-refractivity contribution < 1.29 is 9.90 Å². The summed E-state index contributed by atoms with van der Waals surface area (Å²) in [6, 6.07) is 6.00. The molecular formula is C15H24N2O2. The molecule has 4 heteroatoms. The van der Waals surface area contributed by atoms with Crippen molar-refractivity contribution in [3.05, 3.63) is 34.9 Å². The number of aliphatic hydroxyl groups excluding tert-OH is 1. The van der Waals surface area contributed by atoms with Crippen molar-refractivity contribution in [3.8, 4) is 0 Å². The third-order valence-electron chi connectivity index (χ3n) is 2.85. The van der Waals surface area contributed by atoms with Crippen molar-refractivity contribution in [1.82, 2.24) is 10.6 Å². The molecule has 1 unspecified atom stereocenters. The predicted octanol–water partition coefficient (Wildman–Crippen LogP) is 1.91. The highest BCUT2D eigenvalue weighted by Gasteiger charge is 2.10. The van der Waals surface area contributed by atoms with Gasteiger partial charge in [0.05, 0.1) is 12.6 Å². The van der Waals surface area contributed by atoms with E-state index in [1.165, 1.54) is 16.7 Å². The number of aryl methyl sites for hydroxylation is 2. The average molecular weight is 264 g/mol. The molecule has 0 saturated heterocycles. The Morgan fingerprint density at radius 1 is 1.11 bits per heavy atom. The Bertz CT molecular complexity index is 412. The zero-order valence-corrected chi connectivity index (χ0v) is 12.2. The van der Waals surface area contributed by atoms with E-state index in [0.717, 1.165) is 6.42 Å². The number of amides is 2. The van der Waals surface area contributed by atoms with Crippen LogP contribution in [0.15, 0.2) is 18.2 Å². The smallest absolute Gasteiger partial charge is 0.315 e. The number of benzene rings is 1. The second-order valence-electron chi connectivity index (χ2n) is 5.30. The van der Waals surface area contributed by atoms with Crippen molar-refractivity contribution in [2.45, 2.75) is 46.2 Å². The number of carbonyl (C=O) groups is 1. The maximum absolute atomic E-state index is 11.6. The van der Waals surface area contributed by atoms with Crippen molar-refractivity contribution in [2.24, 2.45) is 0 Å². The SMILES string of the molecule is Cc1cc(C)cc(CC(C)NC(=O)N[C@@H](C)CO)c1. The summed E-state index contributed by atoms with van der Waals surface area (Å²) in [6.07, 6.45) is 0.795. The summed E-state index contributed by atoms with van der Waals surface area (Å²) >= 11 is 0. The molecular weight excluding hydrogens is 240 g/mol. The lowest BCUT2D eigenvalue weighted by Gasteiger charge is -2.17. The fourth-order valence-corrected chi connectivity index (χ4v) is 2.13. The minimum atomic E-state index is -0.238. The third kappa shape index (κ3) is 5.75. The van der Waals surface area contributed by atoms with Crippen LogP contribution >= 0.6 is 0 Å². The van der Waals surface area contributed by atoms with Crippen molar-refractivity contribution in [2.75, 3.05) is 6.61 Å². The minimum Gasteiger partial charge on any atom is -0.394 e. The van der Waals surface area contributed by atoms with Crippen LogP contribution in [-0.2, 0) is 6.42 Å². The molecule has 1 rings (SSSR count). The number of hydrogen-bond donors (Lipinski definition) is 3. The molecule has 0 aliphatic heterocycles. The molecule has 0 bridgehead atoms. The summed E-state index contributed by atoms with van der Waals surface area (Å²) < 4.78 is 0. The molecule has 3 N–H and O–H groups in total. The van der Waals surface area contributed by atoms with Gasteiger partial charge in [0.1, 0.15) is 0 Å². The van der Waals surface area contributed by atoms with E-state index in [4.69, 9.17) is 5.11 Å². The van der Waals surface area contributed by atoms with E-state index in [9.17, 15) is 4.79 Å². The predicted molar refractivity (Wildman–Crippen MR) is 77.3 cm³/mol. The van der Waals surface area contributed by atoms with Crippen LogP contribution in [-0.4, -0.2) is 29.8 Å². The van der Waals surface area contributed by atoms with Crippen LogP contribution in [0.4, 0.5) is 4.79 Å². The Labute approximate surface area is 115 Å². The first-order chi connectivity index (χ1) is 8.90. The van der Waals surface area contributed by atoms with E-state index in [1.807, 2.05) is 6.92 Å². The highest BCUT2D eigenvalue weighted by atomic mass is 16.3. The van der Waals surface area contributed by atoms with Crippen molar-refractivity contribution in [1.29, 1.82) is 0 Å². The molecule has 0 fully saturated rings. The van der Waals surface area contributed by atoms with Gasteiger partial charge < -0.3 is 15.7 Å². The van der Waals surface area contributed by atoms with E-state index in [-0.39, 0.29) is 24.7 Å². The molecule has 2 amide bonds. The van der Waals surface area contributed by atoms with Gasteiger partial charge in [-0.1, -0.05) is 29.3 Å². The van der Waals surface area contributed by atoms with Crippen LogP contribution < -0.4 is 10.6 Å². The molecule has 0 spiro atoms. The van der Waals surface area contributed by atoms with Crippen molar-refractivity contribution in [3.63, 3.8) is 0 Å². The van der Waals surface area contributed by atoms with Gasteiger partial charge in [-0.2, -0.15) is 0 Å². The maximum Gasteiger partial charge on any atom is 0.315 e. The molecule has 0 radical (unpaired) electrons. The lowest BCUT2D eigenvalue weighted by Crippen LogP contribution is -2.46. The van der Waals surface area contributed by atoms with E-state index in [2.05, 4.69) is 42.7 Å². The van der Waals surface area contributed by atoms with E-state index in [0.29, 0.717) is 0 Å². The van der Waals surface area contributed by atoms with Crippen LogP contribution in [0.2, 0.25) is 0 Å². The monoisotopic (exact) mass is 264 g/mol. The highest BCUT2D eigenvalue weighted by Crippen LogP contribution is 2.10. The first kappa shape index (κ1) is 15.5. The topological polar surface area (TPSA) is 61.4 Å². The zero-order chi connectivity index (χ0) is 14.4. The van der Waals surface area contributed by atoms with Crippen molar-refractivity contribution >= 4 is 6.03 Å². The van der Waals surface area contributed by atoms with Crippen LogP contribution in [0.3, 0.4) is 0 Å². The van der Waals surface area contributed by atoms with Gasteiger partial charge in [-0.05, 0) is 39.7 Å². The van der Waals surface area contributed by atoms with Gasteiger partial charge >= 0.3 is 6.03 Å². The number of rotatable bonds is 5. The third-order valence-corrected chi connectivity index (χ3v) is 2.85. The van der Waals surface area contributed by atoms with Crippen LogP contribution in [0.5, 0.6) is 0 Å². The molecule has 1 aromatic carbocycles. The fourth-order valence-electron chi connectivity index (χ4n) is 2.13. The summed E-state index contributed by atoms with van der Waals surface area (Å²) in [7, 11) is 0. The Balaban J connectivity index is 2.50. The van der Waals surface area contributed by atoms with Gasteiger partial charge in [-0.25, -0.2) is 4.79 Å². The van der Waals surface area contributed by atoms with Gasteiger partial charge in [-0.3, -0.25) is 0 Å². The number of aliphatic hydroxyl groups is 1. The average Bonchev–Trinajstić information content (AvgIpc) is 2.26. The Morgan fingerprint density at radius 2 is 1.63 bits per heavy atom. The van der Waals surface area contributed by atoms with Gasteiger partial charge in [-0.15, -0.1) is 0 Å². The fraction of sp³-hybridized carbons (Fsp3) is 0.533. The molecule has 0 heterocycles. The van der Waals surface area contributed by atoms with E-state index >= 15 is 0 Å². The Morgan fingerprint density at radius 3 is 2.16 bits per heavy atom. The molecule has 1 aromatic rings. The maximum atomic E-state index is 11.6. The number of urea groups is 1. The second kappa shape index (κ2) is 7.14. The summed E-state index contributed by atoms with van der Waals surface area (Å²) in [6.45, 7) is 7.82. The quantitative estimate of drug-likeness (QED) is 0.761. The van der Waals surface area contributed by atoms with Gasteiger partial charge in [0.25, 0.3) is 0 Å². The lowest BCUT2D eigenvalue weighted by atomic mass is 10.0. The number of hydrogen-bond acceptors (Lipinski definition) is 2. The van der Waals surface area contributed by atoms with Crippen LogP contribution in [0.1, 0.15) is 30.5 Å². The van der Waals surface area contributed by atoms with Crippen LogP contribution in [0, 0.1) is 13.8 Å². The molecule has 0 aromatic heterocycles. The summed E-state index contributed by atoms with van der Waals surface area (Å²) in [5, 5.41) is 14.4. The van der Waals surface area contributed by atoms with E-state index in [1.54, 1.807) is 6.92 Å². The lowest BCUT2D eigenvalue weighted by molar-refractivity contribution is 0.218. The Hall–Kier alpha value is -1.55. The normalized spacial score (nSPS) is 13.7. The van der Waals surface area contributed by atoms with Crippen LogP contribution in [0.25, 0.3) is 0 Å². The molecule has 0 aliphatic rings. The Kier molecular flexibility index (Phi) is 5.83. The zero-order valence-electron chi connectivity index (χ0n) is 12.2. The number of carbonyl (C=O) groups excluding carboxylic acids is 1. The first-order valence-electron chi connectivity index (χ1n) is 6.65. The standard InChI is InChI=1S/C15H24N2O2/c1-10-5-11(2)7-14(6-10)8-12(3)16-15(19)17-13(4)9-18/h5-7,12-13,18H,8-9H2,1-4H3,(H2,16,17,19)/t12?,13-/m0/s1. The molecule has 19 heavy (non-hydrogen) atoms. The molecule has 4 nitrogen and oxygen atoms in total. The largest absolute Gasteiger partial charge is 0.394 e. The van der Waals surface area contributed by atoms with Gasteiger partial charge in [0.15, 0.2) is 0 Å². The number of nitrogens with one attached hydrogen (secondary N) is 2. The highest BCUT2D eigenvalue weighted by molar-refractivity contribution is 5.74. The molecule has 106 valence electrons. The molecule has 0 aliphatic carbocycles. The molecule has 0 saturated carbocycles.